The van der Waals surface area contributed by atoms with Gasteiger partial charge in [-0.05, 0) is 48.0 Å². The number of alkyl carbamates (subject to hydrolysis) is 1. The number of carbonyl (C=O) groups is 2. The molecule has 0 saturated heterocycles. The number of nitrogens with one attached hydrogen (secondary N) is 1. The maximum atomic E-state index is 12.2. The molecule has 7 nitrogen and oxygen atoms in total. The highest BCUT2D eigenvalue weighted by atomic mass is 32.1. The predicted molar refractivity (Wildman–Crippen MR) is 98.1 cm³/mol. The van der Waals surface area contributed by atoms with E-state index in [9.17, 15) is 9.59 Å². The lowest BCUT2D eigenvalue weighted by Crippen LogP contribution is -2.40. The second-order valence-electron chi connectivity index (χ2n) is 7.47. The zero-order valence-electron chi connectivity index (χ0n) is 15.6. The van der Waals surface area contributed by atoms with E-state index in [0.717, 1.165) is 0 Å². The molecule has 0 fully saturated rings. The van der Waals surface area contributed by atoms with Crippen LogP contribution in [0.2, 0.25) is 0 Å². The Morgan fingerprint density at radius 3 is 2.04 bits per heavy atom. The second kappa shape index (κ2) is 9.66. The molecule has 24 heavy (non-hydrogen) atoms. The third kappa shape index (κ3) is 12.9. The van der Waals surface area contributed by atoms with Crippen molar-refractivity contribution in [2.45, 2.75) is 65.6 Å². The van der Waals surface area contributed by atoms with Crippen LogP contribution in [0.3, 0.4) is 0 Å². The van der Waals surface area contributed by atoms with Crippen LogP contribution < -0.4 is 11.1 Å². The molecule has 0 saturated carbocycles. The van der Waals surface area contributed by atoms with Crippen molar-refractivity contribution in [1.82, 2.24) is 10.2 Å². The standard InChI is InChI=1S/C16H31N3O4S/c1-15(2,3)22-13(20)18-9-7-10-19(11-8-12(17)24)14(21)23-16(4,5)6/h7-11H2,1-6H3,(H2,17,24)(H,18,20). The molecule has 140 valence electrons. The van der Waals surface area contributed by atoms with Crippen molar-refractivity contribution in [2.24, 2.45) is 5.73 Å². The maximum Gasteiger partial charge on any atom is 0.410 e. The van der Waals surface area contributed by atoms with Gasteiger partial charge < -0.3 is 25.4 Å². The molecule has 0 rings (SSSR count). The Morgan fingerprint density at radius 2 is 1.58 bits per heavy atom. The van der Waals surface area contributed by atoms with E-state index in [2.05, 4.69) is 5.32 Å². The number of nitrogens with two attached hydrogens (primary N) is 1. The Labute approximate surface area is 150 Å². The average Bonchev–Trinajstić information content (AvgIpc) is 2.32. The quantitative estimate of drug-likeness (QED) is 0.535. The fourth-order valence-electron chi connectivity index (χ4n) is 1.64. The molecule has 0 aromatic carbocycles. The first kappa shape index (κ1) is 22.4. The first-order valence-electron chi connectivity index (χ1n) is 8.03. The van der Waals surface area contributed by atoms with Gasteiger partial charge in [-0.1, -0.05) is 12.2 Å². The van der Waals surface area contributed by atoms with Crippen LogP contribution in [0.15, 0.2) is 0 Å². The van der Waals surface area contributed by atoms with Gasteiger partial charge in [0.05, 0.1) is 4.99 Å². The maximum absolute atomic E-state index is 12.2. The molecule has 8 heteroatoms. The van der Waals surface area contributed by atoms with E-state index in [0.29, 0.717) is 37.5 Å². The molecule has 0 spiro atoms. The number of nitrogens with zero attached hydrogens (tertiary/aromatic N) is 1. The highest BCUT2D eigenvalue weighted by molar-refractivity contribution is 7.80. The van der Waals surface area contributed by atoms with Crippen molar-refractivity contribution in [3.8, 4) is 0 Å². The van der Waals surface area contributed by atoms with Crippen molar-refractivity contribution in [3.63, 3.8) is 0 Å². The van der Waals surface area contributed by atoms with Gasteiger partial charge >= 0.3 is 12.2 Å². The summed E-state index contributed by atoms with van der Waals surface area (Å²) in [7, 11) is 0. The van der Waals surface area contributed by atoms with E-state index < -0.39 is 23.4 Å². The summed E-state index contributed by atoms with van der Waals surface area (Å²) >= 11 is 4.86. The van der Waals surface area contributed by atoms with Gasteiger partial charge in [0.15, 0.2) is 0 Å². The van der Waals surface area contributed by atoms with E-state index in [4.69, 9.17) is 27.4 Å². The lowest BCUT2D eigenvalue weighted by Gasteiger charge is -2.27. The summed E-state index contributed by atoms with van der Waals surface area (Å²) in [6, 6.07) is 0. The van der Waals surface area contributed by atoms with E-state index in [1.165, 1.54) is 0 Å². The summed E-state index contributed by atoms with van der Waals surface area (Å²) in [5.74, 6) is 0. The highest BCUT2D eigenvalue weighted by Crippen LogP contribution is 2.11. The second-order valence-corrected chi connectivity index (χ2v) is 7.99. The van der Waals surface area contributed by atoms with Gasteiger partial charge in [0, 0.05) is 26.1 Å². The summed E-state index contributed by atoms with van der Waals surface area (Å²) in [6.45, 7) is 12.0. The van der Waals surface area contributed by atoms with Gasteiger partial charge in [-0.3, -0.25) is 0 Å². The largest absolute Gasteiger partial charge is 0.444 e. The molecule has 0 bridgehead atoms. The van der Waals surface area contributed by atoms with Crippen LogP contribution in [0.4, 0.5) is 9.59 Å². The van der Waals surface area contributed by atoms with E-state index >= 15 is 0 Å². The number of carbonyl (C=O) groups excluding carboxylic acids is 2. The number of hydrogen-bond donors (Lipinski definition) is 2. The summed E-state index contributed by atoms with van der Waals surface area (Å²) in [5, 5.41) is 2.66. The molecule has 3 N–H and O–H groups in total. The third-order valence-electron chi connectivity index (χ3n) is 2.55. The fraction of sp³-hybridized carbons (Fsp3) is 0.812. The Bertz CT molecular complexity index is 442. The number of ether oxygens (including phenoxy) is 2. The predicted octanol–water partition coefficient (Wildman–Crippen LogP) is 2.81. The molecule has 0 unspecified atom stereocenters. The minimum atomic E-state index is -0.576. The third-order valence-corrected chi connectivity index (χ3v) is 2.76. The summed E-state index contributed by atoms with van der Waals surface area (Å²) in [5.41, 5.74) is 4.39. The Balaban J connectivity index is 4.38. The van der Waals surface area contributed by atoms with Crippen molar-refractivity contribution >= 4 is 29.4 Å². The smallest absolute Gasteiger partial charge is 0.410 e. The van der Waals surface area contributed by atoms with Gasteiger partial charge in [-0.25, -0.2) is 9.59 Å². The van der Waals surface area contributed by atoms with Crippen LogP contribution in [0.5, 0.6) is 0 Å². The van der Waals surface area contributed by atoms with Crippen molar-refractivity contribution < 1.29 is 19.1 Å². The number of amides is 2. The number of thiocarbonyl (C=S) groups is 1. The fourth-order valence-corrected chi connectivity index (χ4v) is 1.73. The molecule has 0 atom stereocenters. The first-order chi connectivity index (χ1) is 10.8. The first-order valence-corrected chi connectivity index (χ1v) is 8.44. The van der Waals surface area contributed by atoms with Crippen molar-refractivity contribution in [2.75, 3.05) is 19.6 Å². The highest BCUT2D eigenvalue weighted by Gasteiger charge is 2.22. The topological polar surface area (TPSA) is 93.9 Å². The van der Waals surface area contributed by atoms with Gasteiger partial charge in [0.1, 0.15) is 11.2 Å². The molecule has 0 aromatic heterocycles. The van der Waals surface area contributed by atoms with Crippen LogP contribution in [-0.2, 0) is 9.47 Å². The molecule has 2 amide bonds. The molecular weight excluding hydrogens is 330 g/mol. The monoisotopic (exact) mass is 361 g/mol. The molecule has 0 aliphatic rings. The zero-order chi connectivity index (χ0) is 19.0. The Kier molecular flexibility index (Phi) is 9.03. The van der Waals surface area contributed by atoms with Crippen molar-refractivity contribution in [1.29, 1.82) is 0 Å². The minimum Gasteiger partial charge on any atom is -0.444 e. The summed E-state index contributed by atoms with van der Waals surface area (Å²) < 4.78 is 10.5. The van der Waals surface area contributed by atoms with Crippen LogP contribution in [-0.4, -0.2) is 52.9 Å². The van der Waals surface area contributed by atoms with Crippen LogP contribution in [0.25, 0.3) is 0 Å². The lowest BCUT2D eigenvalue weighted by molar-refractivity contribution is 0.0253. The average molecular weight is 362 g/mol. The van der Waals surface area contributed by atoms with E-state index in [1.54, 1.807) is 46.4 Å². The lowest BCUT2D eigenvalue weighted by atomic mass is 10.2. The summed E-state index contributed by atoms with van der Waals surface area (Å²) in [6.07, 6.45) is 0.0923. The normalized spacial score (nSPS) is 11.6. The molecule has 0 aromatic rings. The molecule has 0 aliphatic heterocycles. The van der Waals surface area contributed by atoms with E-state index in [1.807, 2.05) is 0 Å². The Morgan fingerprint density at radius 1 is 1.04 bits per heavy atom. The SMILES string of the molecule is CC(C)(C)OC(=O)NCCCN(CCC(N)=S)C(=O)OC(C)(C)C. The number of rotatable bonds is 7. The molecule has 0 aliphatic carbocycles. The van der Waals surface area contributed by atoms with Gasteiger partial charge in [-0.2, -0.15) is 0 Å². The Hall–Kier alpha value is -1.57. The van der Waals surface area contributed by atoms with Gasteiger partial charge in [0.2, 0.25) is 0 Å². The zero-order valence-corrected chi connectivity index (χ0v) is 16.4. The van der Waals surface area contributed by atoms with E-state index in [-0.39, 0.29) is 0 Å². The van der Waals surface area contributed by atoms with Crippen LogP contribution in [0, 0.1) is 0 Å². The van der Waals surface area contributed by atoms with Crippen LogP contribution >= 0.6 is 12.2 Å². The van der Waals surface area contributed by atoms with Gasteiger partial charge in [0.25, 0.3) is 0 Å². The number of hydrogen-bond acceptors (Lipinski definition) is 5. The van der Waals surface area contributed by atoms with Crippen LogP contribution in [0.1, 0.15) is 54.4 Å². The summed E-state index contributed by atoms with van der Waals surface area (Å²) in [4.78, 5) is 25.6. The van der Waals surface area contributed by atoms with Gasteiger partial charge in [-0.15, -0.1) is 0 Å². The molecule has 0 heterocycles. The van der Waals surface area contributed by atoms with Crippen molar-refractivity contribution in [3.05, 3.63) is 0 Å². The molecule has 0 radical (unpaired) electrons. The molecular formula is C16H31N3O4S. The minimum absolute atomic E-state index is 0.343.